The Hall–Kier alpha value is -3.36. The molecule has 0 aromatic heterocycles. The van der Waals surface area contributed by atoms with Crippen LogP contribution in [0.15, 0.2) is 46.6 Å². The number of aliphatic hydroxyl groups excluding tert-OH is 23. The number of hydrogen-bond donors (Lipinski definition) is 27. The summed E-state index contributed by atoms with van der Waals surface area (Å²) >= 11 is 0. The zero-order chi connectivity index (χ0) is 94.8. The van der Waals surface area contributed by atoms with Crippen molar-refractivity contribution < 1.29 is 230 Å². The first-order valence-electron chi connectivity index (χ1n) is 42.1. The summed E-state index contributed by atoms with van der Waals surface area (Å²) in [7, 11) is -11.4. The van der Waals surface area contributed by atoms with Crippen molar-refractivity contribution in [2.45, 2.75) is 359 Å². The van der Waals surface area contributed by atoms with Crippen molar-refractivity contribution >= 4 is 27.5 Å². The predicted octanol–water partition coefficient (Wildman–Crippen LogP) is -8.95. The Labute approximate surface area is 736 Å². The second-order valence-corrected chi connectivity index (χ2v) is 36.3. The maximum Gasteiger partial charge on any atom is 0.483 e. The normalized spacial score (nSPS) is 42.5. The molecule has 49 nitrogen and oxygen atoms in total. The van der Waals surface area contributed by atoms with Gasteiger partial charge in [-0.2, -0.15) is 4.31 Å². The third-order valence-corrected chi connectivity index (χ3v) is 25.7. The average molecular weight is 1900 g/mol. The molecule has 2 amide bonds. The van der Waals surface area contributed by atoms with Crippen LogP contribution in [-0.4, -0.2) is 444 Å². The molecule has 8 aliphatic rings. The standard InChI is InChI=1S/C77H132N2O47P2/c1-31(2)13-9-14-32(3)15-10-16-33(4)17-11-18-34(5)19-12-20-35(6)21-22-110-127(105,106)126-128(107,108)125-71-47(79-37(8)88)55(96)64(44(29-86)117-71)119-70-46(78-36(7)87)54(95)65(43(28-85)116-70)120-75-63(104)67(53(94)45(118-75)30-109-72-62(103)66(52(93)42(27-84)111-72)121-73-60(101)56(97)48(89)38(23-80)112-73)122-76-69(59(100)51(92)40(25-82)114-76)124-77-68(58(99)50(91)41(26-83)115-77)123-74-61(102)57(98)49(90)39(24-81)113-74/h13,15,17,19,35,38-77,80-86,89-104H,9-12,14,16,18,20-30H2,1-8H3,(H,78,87)(H,79,88)(H,105,106)(H,107,108)/b32-15+,33-17+,34-19+/t35?,38-,39-,40-,41-,42-,43-,44-,45-,46-,47-,48-,49-,50-,51-,52-,53-,54-,55-,56+,57+,58+,59+,60+,61+,62+,63+,64-,65-,66+,67+,68+,69+,70+,71-,72+,73-,74-,75+,76-,77-/m1/s1. The second kappa shape index (κ2) is 50.6. The molecular formula is C77H132N2O47P2. The SMILES string of the molecule is CC(=O)N[C@H]1[C@H](O[C@H]2[C@H](O)[C@@H](NC(C)=O)[C@@H](OP(=O)(O)OP(=O)(O)OCCC(C)CC/C=C(\C)CC/C=C(\C)CC/C=C(\C)CCC=C(C)C)O[C@@H]2CO)O[C@H](CO)[C@@H](O[C@@H]2O[C@H](CO[C@H]3O[C@H](CO)[C@@H](O)[C@H](O[C@H]4O[C@H](CO)[C@@H](O)[C@H](O)[C@@H]4O)[C@@H]3O)[C@@H](O)[C@H](O[C@H]3O[C@H](CO)[C@@H](O)[C@H](O)[C@@H]3O[C@H]3O[C@H](CO)[C@@H](O)[C@H](O)[C@@H]3O[C@H]3O[C@H](CO)[C@@H](O)[C@H](O)[C@@H]3O)[C@@H]2O)[C@@H]1O. The van der Waals surface area contributed by atoms with Gasteiger partial charge in [-0.05, 0) is 98.3 Å². The average Bonchev–Trinajstić information content (AvgIpc) is 0.765. The monoisotopic (exact) mass is 1900 g/mol. The molecule has 742 valence electrons. The highest BCUT2D eigenvalue weighted by Crippen LogP contribution is 2.61. The van der Waals surface area contributed by atoms with Crippen molar-refractivity contribution in [3.8, 4) is 0 Å². The topological polar surface area (TPSA) is 764 Å². The van der Waals surface area contributed by atoms with Crippen molar-refractivity contribution in [1.82, 2.24) is 10.6 Å². The third-order valence-electron chi connectivity index (χ3n) is 23.0. The number of carbonyl (C=O) groups excluding carboxylic acids is 2. The molecule has 27 N–H and O–H groups in total. The van der Waals surface area contributed by atoms with Gasteiger partial charge in [0.15, 0.2) is 50.3 Å². The Balaban J connectivity index is 1.01. The van der Waals surface area contributed by atoms with Gasteiger partial charge in [0, 0.05) is 13.8 Å². The van der Waals surface area contributed by atoms with E-state index in [9.17, 15) is 146 Å². The van der Waals surface area contributed by atoms with Gasteiger partial charge in [-0.3, -0.25) is 18.6 Å². The highest BCUT2D eigenvalue weighted by atomic mass is 31.3. The summed E-state index contributed by atoms with van der Waals surface area (Å²) in [5.41, 5.74) is 5.14. The van der Waals surface area contributed by atoms with Gasteiger partial charge >= 0.3 is 15.6 Å². The number of amides is 2. The van der Waals surface area contributed by atoms with E-state index in [2.05, 4.69) is 66.9 Å². The van der Waals surface area contributed by atoms with Crippen LogP contribution in [0.1, 0.15) is 113 Å². The second-order valence-electron chi connectivity index (χ2n) is 33.3. The molecule has 0 saturated carbocycles. The Morgan fingerprint density at radius 2 is 0.664 bits per heavy atom. The highest BCUT2D eigenvalue weighted by Gasteiger charge is 2.61. The molecule has 3 unspecified atom stereocenters. The van der Waals surface area contributed by atoms with E-state index >= 15 is 0 Å². The first-order valence-corrected chi connectivity index (χ1v) is 45.1. The molecule has 0 aromatic rings. The maximum absolute atomic E-state index is 13.6. The van der Waals surface area contributed by atoms with Gasteiger partial charge < -0.3 is 209 Å². The van der Waals surface area contributed by atoms with Crippen molar-refractivity contribution in [3.63, 3.8) is 0 Å². The van der Waals surface area contributed by atoms with Gasteiger partial charge in [-0.1, -0.05) is 53.5 Å². The molecule has 8 aliphatic heterocycles. The molecule has 0 bridgehead atoms. The lowest BCUT2D eigenvalue weighted by atomic mass is 9.94. The van der Waals surface area contributed by atoms with E-state index in [0.717, 1.165) is 52.4 Å². The van der Waals surface area contributed by atoms with Crippen LogP contribution in [0.4, 0.5) is 0 Å². The molecule has 0 aliphatic carbocycles. The summed E-state index contributed by atoms with van der Waals surface area (Å²) in [5.74, 6) is -2.11. The Morgan fingerprint density at radius 3 is 1.11 bits per heavy atom. The van der Waals surface area contributed by atoms with Crippen molar-refractivity contribution in [1.29, 1.82) is 0 Å². The molecule has 8 saturated heterocycles. The molecule has 43 atom stereocenters. The van der Waals surface area contributed by atoms with Crippen molar-refractivity contribution in [2.75, 3.05) is 59.5 Å². The largest absolute Gasteiger partial charge is 0.483 e. The molecule has 128 heavy (non-hydrogen) atoms. The van der Waals surface area contributed by atoms with E-state index in [1.807, 2.05) is 13.8 Å². The number of allylic oxidation sites excluding steroid dienone is 8. The van der Waals surface area contributed by atoms with E-state index < -0.39 is 332 Å². The molecule has 0 aromatic carbocycles. The quantitative estimate of drug-likeness (QED) is 0.0199. The molecule has 8 heterocycles. The Bertz CT molecular complexity index is 3610. The minimum Gasteiger partial charge on any atom is -0.394 e. The summed E-state index contributed by atoms with van der Waals surface area (Å²) in [6.07, 6.45) is -66.3. The van der Waals surface area contributed by atoms with Crippen LogP contribution in [0, 0.1) is 5.92 Å². The van der Waals surface area contributed by atoms with Crippen LogP contribution >= 0.6 is 15.6 Å². The number of rotatable bonds is 44. The van der Waals surface area contributed by atoms with Crippen LogP contribution < -0.4 is 10.6 Å². The molecule has 8 fully saturated rings. The van der Waals surface area contributed by atoms with Crippen LogP contribution in [0.5, 0.6) is 0 Å². The minimum absolute atomic E-state index is 0.0935. The first kappa shape index (κ1) is 110. The first-order chi connectivity index (χ1) is 60.4. The van der Waals surface area contributed by atoms with Crippen LogP contribution in [0.2, 0.25) is 0 Å². The van der Waals surface area contributed by atoms with Gasteiger partial charge in [-0.15, -0.1) is 0 Å². The molecular weight excluding hydrogens is 1770 g/mol. The zero-order valence-corrected chi connectivity index (χ0v) is 73.6. The maximum atomic E-state index is 13.6. The van der Waals surface area contributed by atoms with Crippen molar-refractivity contribution in [2.24, 2.45) is 5.92 Å². The fourth-order valence-corrected chi connectivity index (χ4v) is 17.8. The summed E-state index contributed by atoms with van der Waals surface area (Å²) in [4.78, 5) is 47.7. The number of aliphatic hydroxyl groups is 23. The van der Waals surface area contributed by atoms with E-state index in [-0.39, 0.29) is 12.3 Å². The predicted molar refractivity (Wildman–Crippen MR) is 425 cm³/mol. The lowest BCUT2D eigenvalue weighted by molar-refractivity contribution is -0.408. The summed E-state index contributed by atoms with van der Waals surface area (Å²) in [6.45, 7) is 4.56. The highest BCUT2D eigenvalue weighted by molar-refractivity contribution is 7.61. The van der Waals surface area contributed by atoms with Crippen LogP contribution in [0.25, 0.3) is 0 Å². The number of hydrogen-bond acceptors (Lipinski definition) is 45. The fraction of sp³-hybridized carbons (Fsp3) is 0.870. The third kappa shape index (κ3) is 29.1. The molecule has 0 radical (unpaired) electrons. The molecule has 51 heteroatoms. The molecule has 0 spiro atoms. The van der Waals surface area contributed by atoms with E-state index in [1.54, 1.807) is 0 Å². The van der Waals surface area contributed by atoms with Gasteiger partial charge in [-0.25, -0.2) is 9.13 Å². The van der Waals surface area contributed by atoms with Crippen LogP contribution in [-0.2, 0) is 103 Å². The van der Waals surface area contributed by atoms with Crippen molar-refractivity contribution in [3.05, 3.63) is 46.6 Å². The Morgan fingerprint density at radius 1 is 0.336 bits per heavy atom. The number of carbonyl (C=O) groups is 2. The Kier molecular flexibility index (Phi) is 43.5. The lowest BCUT2D eigenvalue weighted by Gasteiger charge is -2.51. The summed E-state index contributed by atoms with van der Waals surface area (Å²) in [6, 6.07) is -4.14. The zero-order valence-electron chi connectivity index (χ0n) is 71.8. The van der Waals surface area contributed by atoms with E-state index in [4.69, 9.17) is 80.1 Å². The smallest absolute Gasteiger partial charge is 0.394 e. The number of nitrogens with one attached hydrogen (secondary N) is 2. The summed E-state index contributed by atoms with van der Waals surface area (Å²) in [5, 5.41) is 260. The van der Waals surface area contributed by atoms with Gasteiger partial charge in [0.2, 0.25) is 11.8 Å². The number of phosphoric acid groups is 2. The number of ether oxygens (including phenoxy) is 15. The fourth-order valence-electron chi connectivity index (χ4n) is 15.6. The van der Waals surface area contributed by atoms with E-state index in [0.29, 0.717) is 12.8 Å². The van der Waals surface area contributed by atoms with Gasteiger partial charge in [0.1, 0.15) is 195 Å². The summed E-state index contributed by atoms with van der Waals surface area (Å²) < 4.78 is 130. The molecule has 8 rings (SSSR count). The minimum atomic E-state index is -5.91. The van der Waals surface area contributed by atoms with Gasteiger partial charge in [0.25, 0.3) is 0 Å². The van der Waals surface area contributed by atoms with Gasteiger partial charge in [0.05, 0.1) is 59.5 Å². The number of phosphoric ester groups is 2. The van der Waals surface area contributed by atoms with Crippen LogP contribution in [0.3, 0.4) is 0 Å². The van der Waals surface area contributed by atoms with E-state index in [1.165, 1.54) is 22.3 Å². The lowest BCUT2D eigenvalue weighted by Crippen LogP contribution is -2.70.